The van der Waals surface area contributed by atoms with Gasteiger partial charge in [0.05, 0.1) is 71.0 Å². The van der Waals surface area contributed by atoms with Crippen molar-refractivity contribution in [3.63, 3.8) is 0 Å². The summed E-state index contributed by atoms with van der Waals surface area (Å²) in [6, 6.07) is 38.8. The maximum absolute atomic E-state index is 11.7. The largest absolute Gasteiger partial charge is 0.494 e. The molecule has 29 nitrogen and oxygen atoms in total. The minimum absolute atomic E-state index is 0.127. The molecular weight excluding hydrogens is 1380 g/mol. The lowest BCUT2D eigenvalue weighted by Gasteiger charge is -2.36. The zero-order chi connectivity index (χ0) is 74.9. The standard InChI is InChI=1S/C26H27ClN6O5.C25H28N6O3.C25H27N5O4/c1-3-23(35)29-17-5-4-6-19(13-17)38-25-20(27)15-28-26(31-25)30-21-8-7-18(14-22(21)37-2)32-9-11-33(12-10-32)24(36)16-34;1-4-23(32)27-18-6-5-7-19(14-18)28-24-17(2)16-26-25(30-24)29-21-9-8-20(15-22(21)33-3)31-10-12-34-13-11-31;1-4-23(31)27-18-6-5-7-20(14-18)34-24-17(2)16-26-25(29-24)28-21-9-8-19(15-22(21)32-3)30-10-12-33-13-11-30/h3-8,13-15,34H,1,9-12,16H2,2H3,(H,29,35)(H,28,30,31);4-9,14-16H,1,10-13H2,2-3H3,(H,27,32)(H2,26,28,29,30);4-9,14-16H,1,10-13H2,2-3H3,(H,27,31)(H,26,28,29). The van der Waals surface area contributed by atoms with Crippen molar-refractivity contribution in [1.29, 1.82) is 0 Å². The third-order valence-corrected chi connectivity index (χ3v) is 16.6. The Bertz CT molecular complexity index is 4410. The molecule has 3 fully saturated rings. The molecule has 3 aromatic heterocycles. The van der Waals surface area contributed by atoms with E-state index in [2.05, 4.69) is 102 Å². The van der Waals surface area contributed by atoms with Crippen LogP contribution in [0.3, 0.4) is 0 Å². The lowest BCUT2D eigenvalue weighted by atomic mass is 10.2. The Morgan fingerprint density at radius 2 is 0.877 bits per heavy atom. The van der Waals surface area contributed by atoms with E-state index in [1.807, 2.05) is 86.6 Å². The summed E-state index contributed by atoms with van der Waals surface area (Å²) in [5.74, 6) is 3.95. The Morgan fingerprint density at radius 3 is 1.33 bits per heavy atom. The van der Waals surface area contributed by atoms with Gasteiger partial charge in [-0.05, 0) is 111 Å². The molecule has 0 atom stereocenters. The molecule has 0 saturated carbocycles. The molecule has 9 aromatic rings. The number of nitrogens with zero attached hydrogens (tertiary/aromatic N) is 10. The van der Waals surface area contributed by atoms with Crippen LogP contribution in [0.15, 0.2) is 184 Å². The molecule has 6 aromatic carbocycles. The molecular formula is C76H82ClN17O12. The van der Waals surface area contributed by atoms with Crippen molar-refractivity contribution in [3.05, 3.63) is 200 Å². The average molecular weight is 1460 g/mol. The zero-order valence-corrected chi connectivity index (χ0v) is 59.9. The number of aliphatic hydroxyl groups excluding tert-OH is 1. The third kappa shape index (κ3) is 21.3. The zero-order valence-electron chi connectivity index (χ0n) is 59.2. The van der Waals surface area contributed by atoms with Crippen molar-refractivity contribution in [2.24, 2.45) is 0 Å². The van der Waals surface area contributed by atoms with E-state index < -0.39 is 6.61 Å². The van der Waals surface area contributed by atoms with Crippen LogP contribution in [0.5, 0.6) is 40.5 Å². The highest BCUT2D eigenvalue weighted by atomic mass is 35.5. The van der Waals surface area contributed by atoms with Gasteiger partial charge in [-0.2, -0.15) is 15.0 Å². The van der Waals surface area contributed by atoms with E-state index in [4.69, 9.17) is 49.9 Å². The van der Waals surface area contributed by atoms with E-state index in [1.165, 1.54) is 24.4 Å². The van der Waals surface area contributed by atoms with E-state index in [-0.39, 0.29) is 40.5 Å². The van der Waals surface area contributed by atoms with Crippen LogP contribution < -0.4 is 75.6 Å². The molecule has 3 aliphatic heterocycles. The number of aryl methyl sites for hydroxylation is 2. The van der Waals surface area contributed by atoms with E-state index in [0.29, 0.717) is 114 Å². The van der Waals surface area contributed by atoms with Crippen molar-refractivity contribution in [1.82, 2.24) is 34.8 Å². The Labute approximate surface area is 618 Å². The van der Waals surface area contributed by atoms with Crippen LogP contribution in [-0.4, -0.2) is 170 Å². The quantitative estimate of drug-likeness (QED) is 0.0246. The van der Waals surface area contributed by atoms with Gasteiger partial charge in [-0.15, -0.1) is 0 Å². The smallest absolute Gasteiger partial charge is 0.248 e. The number of aromatic nitrogens is 6. The average Bonchev–Trinajstić information content (AvgIpc) is 0.828. The van der Waals surface area contributed by atoms with Gasteiger partial charge in [0.15, 0.2) is 0 Å². The SMILES string of the molecule is C=CC(=O)Nc1cccc(Nc2nc(Nc3ccc(N4CCOCC4)cc3OC)ncc2C)c1.C=CC(=O)Nc1cccc(Oc2nc(Nc3ccc(N4CCN(C(=O)CO)CC4)cc3OC)ncc2Cl)c1.C=CC(=O)Nc1cccc(Oc2nc(Nc3ccc(N4CCOCC4)cc3OC)ncc2C)c1. The van der Waals surface area contributed by atoms with Gasteiger partial charge in [0, 0.05) is 146 Å². The highest BCUT2D eigenvalue weighted by molar-refractivity contribution is 6.31. The summed E-state index contributed by atoms with van der Waals surface area (Å²) < 4.78 is 39.5. The van der Waals surface area contributed by atoms with Crippen LogP contribution in [0.2, 0.25) is 5.02 Å². The fourth-order valence-electron chi connectivity index (χ4n) is 10.8. The number of carbonyl (C=O) groups is 4. The van der Waals surface area contributed by atoms with Gasteiger partial charge in [0.25, 0.3) is 0 Å². The number of benzene rings is 6. The summed E-state index contributed by atoms with van der Waals surface area (Å²) in [4.78, 5) is 81.4. The van der Waals surface area contributed by atoms with Gasteiger partial charge in [0.1, 0.15) is 46.2 Å². The predicted octanol–water partition coefficient (Wildman–Crippen LogP) is 12.0. The molecule has 0 bridgehead atoms. The Balaban J connectivity index is 0.000000170. The number of hydrogen-bond donors (Lipinski definition) is 8. The molecule has 8 N–H and O–H groups in total. The number of nitrogens with one attached hydrogen (secondary N) is 7. The molecule has 0 spiro atoms. The summed E-state index contributed by atoms with van der Waals surface area (Å²) in [5.41, 5.74) is 9.44. The first kappa shape index (κ1) is 76.1. The van der Waals surface area contributed by atoms with E-state index in [9.17, 15) is 19.2 Å². The molecule has 4 amide bonds. The number of rotatable bonds is 25. The first-order valence-corrected chi connectivity index (χ1v) is 34.0. The Kier molecular flexibility index (Phi) is 27.0. The van der Waals surface area contributed by atoms with Crippen molar-refractivity contribution in [2.75, 3.05) is 159 Å². The van der Waals surface area contributed by atoms with Crippen molar-refractivity contribution >= 4 is 116 Å². The maximum atomic E-state index is 11.7. The topological polar surface area (TPSA) is 328 Å². The number of morpholine rings is 2. The molecule has 12 rings (SSSR count). The van der Waals surface area contributed by atoms with Gasteiger partial charge >= 0.3 is 0 Å². The number of halogens is 1. The van der Waals surface area contributed by atoms with Gasteiger partial charge in [-0.1, -0.05) is 49.5 Å². The predicted molar refractivity (Wildman–Crippen MR) is 411 cm³/mol. The minimum Gasteiger partial charge on any atom is -0.494 e. The summed E-state index contributed by atoms with van der Waals surface area (Å²) in [7, 11) is 4.84. The van der Waals surface area contributed by atoms with Gasteiger partial charge in [-0.25, -0.2) is 15.0 Å². The van der Waals surface area contributed by atoms with Gasteiger partial charge < -0.3 is 95.1 Å². The van der Waals surface area contributed by atoms with Crippen molar-refractivity contribution < 1.29 is 57.4 Å². The number of methoxy groups -OCH3 is 3. The van der Waals surface area contributed by atoms with Gasteiger partial charge in [-0.3, -0.25) is 19.2 Å². The highest BCUT2D eigenvalue weighted by Crippen LogP contribution is 2.38. The Morgan fingerprint density at radius 1 is 0.481 bits per heavy atom. The molecule has 106 heavy (non-hydrogen) atoms. The molecule has 30 heteroatoms. The van der Waals surface area contributed by atoms with Crippen LogP contribution in [-0.2, 0) is 28.7 Å². The fourth-order valence-corrected chi connectivity index (χ4v) is 11.0. The number of ether oxygens (including phenoxy) is 7. The van der Waals surface area contributed by atoms with E-state index in [0.717, 1.165) is 84.6 Å². The van der Waals surface area contributed by atoms with E-state index >= 15 is 0 Å². The molecule has 0 radical (unpaired) electrons. The molecule has 3 saturated heterocycles. The van der Waals surface area contributed by atoms with Crippen LogP contribution in [0, 0.1) is 13.8 Å². The normalized spacial score (nSPS) is 13.1. The van der Waals surface area contributed by atoms with Crippen LogP contribution in [0.25, 0.3) is 0 Å². The molecule has 0 aliphatic carbocycles. The first-order chi connectivity index (χ1) is 51.5. The number of anilines is 14. The van der Waals surface area contributed by atoms with Crippen LogP contribution in [0.1, 0.15) is 11.1 Å². The fraction of sp³-hybridized carbons (Fsp3) is 0.237. The summed E-state index contributed by atoms with van der Waals surface area (Å²) >= 11 is 6.27. The second kappa shape index (κ2) is 37.6. The maximum Gasteiger partial charge on any atom is 0.248 e. The van der Waals surface area contributed by atoms with E-state index in [1.54, 1.807) is 93.2 Å². The third-order valence-electron chi connectivity index (χ3n) is 16.4. The number of amides is 4. The molecule has 0 unspecified atom stereocenters. The second-order valence-corrected chi connectivity index (χ2v) is 24.0. The monoisotopic (exact) mass is 1460 g/mol. The highest BCUT2D eigenvalue weighted by Gasteiger charge is 2.23. The minimum atomic E-state index is -0.478. The number of piperazine rings is 1. The molecule has 550 valence electrons. The van der Waals surface area contributed by atoms with Crippen LogP contribution >= 0.6 is 11.6 Å². The summed E-state index contributed by atoms with van der Waals surface area (Å²) in [6.07, 6.45) is 8.47. The molecule has 3 aliphatic rings. The number of carbonyl (C=O) groups excluding carboxylic acids is 4. The first-order valence-electron chi connectivity index (χ1n) is 33.6. The van der Waals surface area contributed by atoms with Crippen molar-refractivity contribution in [3.8, 4) is 40.5 Å². The lowest BCUT2D eigenvalue weighted by Crippen LogP contribution is -2.49. The number of hydrogen-bond acceptors (Lipinski definition) is 25. The van der Waals surface area contributed by atoms with Crippen molar-refractivity contribution in [2.45, 2.75) is 13.8 Å². The summed E-state index contributed by atoms with van der Waals surface area (Å²) in [6.45, 7) is 22.3. The molecule has 6 heterocycles. The van der Waals surface area contributed by atoms with Crippen LogP contribution in [0.4, 0.5) is 80.5 Å². The Hall–Kier alpha value is -12.6. The summed E-state index contributed by atoms with van der Waals surface area (Å²) in [5, 5.41) is 30.3. The second-order valence-electron chi connectivity index (χ2n) is 23.6. The number of aliphatic hydroxyl groups is 1. The van der Waals surface area contributed by atoms with Gasteiger partial charge in [0.2, 0.25) is 53.2 Å². The lowest BCUT2D eigenvalue weighted by molar-refractivity contribution is -0.134.